The molecule has 1 fully saturated rings. The van der Waals surface area contributed by atoms with Gasteiger partial charge >= 0.3 is 0 Å². The first-order chi connectivity index (χ1) is 8.24. The van der Waals surface area contributed by atoms with Gasteiger partial charge in [-0.3, -0.25) is 0 Å². The van der Waals surface area contributed by atoms with Gasteiger partial charge < -0.3 is 10.2 Å². The zero-order valence-electron chi connectivity index (χ0n) is 10.3. The quantitative estimate of drug-likeness (QED) is 0.865. The summed E-state index contributed by atoms with van der Waals surface area (Å²) in [5.74, 6) is 0. The Morgan fingerprint density at radius 1 is 1.53 bits per heavy atom. The Kier molecular flexibility index (Phi) is 4.95. The van der Waals surface area contributed by atoms with Crippen LogP contribution in [0.5, 0.6) is 0 Å². The third kappa shape index (κ3) is 4.37. The van der Waals surface area contributed by atoms with Gasteiger partial charge in [0, 0.05) is 25.3 Å². The Morgan fingerprint density at radius 2 is 2.41 bits per heavy atom. The van der Waals surface area contributed by atoms with Crippen molar-refractivity contribution < 1.29 is 0 Å². The first-order valence-electron chi connectivity index (χ1n) is 6.26. The molecule has 1 unspecified atom stereocenters. The van der Waals surface area contributed by atoms with Crippen molar-refractivity contribution in [1.29, 1.82) is 0 Å². The van der Waals surface area contributed by atoms with Gasteiger partial charge in [-0.2, -0.15) is 0 Å². The van der Waals surface area contributed by atoms with Crippen LogP contribution < -0.4 is 5.32 Å². The van der Waals surface area contributed by atoms with E-state index in [0.717, 1.165) is 17.7 Å². The molecule has 3 nitrogen and oxygen atoms in total. The number of halogens is 1. The fourth-order valence-corrected chi connectivity index (χ4v) is 2.79. The normalized spacial score (nSPS) is 20.8. The van der Waals surface area contributed by atoms with Crippen molar-refractivity contribution in [2.45, 2.75) is 31.8 Å². The highest BCUT2D eigenvalue weighted by Crippen LogP contribution is 2.12. The summed E-state index contributed by atoms with van der Waals surface area (Å²) in [5, 5.41) is 3.58. The predicted molar refractivity (Wildman–Crippen MR) is 73.9 cm³/mol. The summed E-state index contributed by atoms with van der Waals surface area (Å²) in [7, 11) is 2.19. The minimum absolute atomic E-state index is 0.666. The molecule has 4 heteroatoms. The van der Waals surface area contributed by atoms with Gasteiger partial charge in [0.2, 0.25) is 0 Å². The van der Waals surface area contributed by atoms with E-state index in [9.17, 15) is 0 Å². The average Bonchev–Trinajstić information content (AvgIpc) is 2.30. The number of nitrogens with one attached hydrogen (secondary N) is 1. The highest BCUT2D eigenvalue weighted by molar-refractivity contribution is 9.10. The van der Waals surface area contributed by atoms with E-state index < -0.39 is 0 Å². The molecule has 1 N–H and O–H groups in total. The molecule has 1 aliphatic heterocycles. The van der Waals surface area contributed by atoms with E-state index in [4.69, 9.17) is 0 Å². The van der Waals surface area contributed by atoms with Crippen LogP contribution in [-0.2, 0) is 6.54 Å². The molecule has 0 saturated carbocycles. The van der Waals surface area contributed by atoms with Crippen molar-refractivity contribution in [3.63, 3.8) is 0 Å². The van der Waals surface area contributed by atoms with E-state index in [0.29, 0.717) is 6.04 Å². The van der Waals surface area contributed by atoms with Gasteiger partial charge in [0.05, 0.1) is 0 Å². The SMILES string of the molecule is CN(Cc1ccnc(Br)c1)CC1CCCCN1. The van der Waals surface area contributed by atoms with Crippen molar-refractivity contribution in [3.05, 3.63) is 28.5 Å². The topological polar surface area (TPSA) is 28.2 Å². The van der Waals surface area contributed by atoms with Crippen molar-refractivity contribution >= 4 is 15.9 Å². The molecule has 2 heterocycles. The molecule has 0 aromatic carbocycles. The van der Waals surface area contributed by atoms with E-state index in [-0.39, 0.29) is 0 Å². The second-order valence-electron chi connectivity index (χ2n) is 4.83. The number of hydrogen-bond acceptors (Lipinski definition) is 3. The molecule has 0 radical (unpaired) electrons. The fraction of sp³-hybridized carbons (Fsp3) is 0.615. The molecular weight excluding hydrogens is 278 g/mol. The molecule has 17 heavy (non-hydrogen) atoms. The molecule has 0 amide bonds. The summed E-state index contributed by atoms with van der Waals surface area (Å²) in [4.78, 5) is 6.53. The first kappa shape index (κ1) is 13.0. The number of aromatic nitrogens is 1. The molecule has 1 aromatic heterocycles. The Bertz CT molecular complexity index is 350. The molecule has 1 saturated heterocycles. The van der Waals surface area contributed by atoms with Crippen LogP contribution in [0.4, 0.5) is 0 Å². The summed E-state index contributed by atoms with van der Waals surface area (Å²) < 4.78 is 0.916. The molecule has 1 aliphatic rings. The third-order valence-electron chi connectivity index (χ3n) is 3.19. The Labute approximate surface area is 112 Å². The average molecular weight is 298 g/mol. The van der Waals surface area contributed by atoms with E-state index in [1.54, 1.807) is 0 Å². The van der Waals surface area contributed by atoms with E-state index in [1.165, 1.54) is 31.4 Å². The van der Waals surface area contributed by atoms with E-state index in [1.807, 2.05) is 6.20 Å². The maximum atomic E-state index is 4.15. The number of piperidine rings is 1. The number of likely N-dealkylation sites (N-methyl/N-ethyl adjacent to an activating group) is 1. The minimum atomic E-state index is 0.666. The van der Waals surface area contributed by atoms with Gasteiger partial charge in [0.1, 0.15) is 4.60 Å². The lowest BCUT2D eigenvalue weighted by Gasteiger charge is -2.28. The molecule has 2 rings (SSSR count). The van der Waals surface area contributed by atoms with Gasteiger partial charge in [0.15, 0.2) is 0 Å². The van der Waals surface area contributed by atoms with Crippen LogP contribution in [0.1, 0.15) is 24.8 Å². The Morgan fingerprint density at radius 3 is 3.12 bits per heavy atom. The minimum Gasteiger partial charge on any atom is -0.313 e. The second kappa shape index (κ2) is 6.47. The smallest absolute Gasteiger partial charge is 0.106 e. The second-order valence-corrected chi connectivity index (χ2v) is 5.64. The standard InChI is InChI=1S/C13H20BrN3/c1-17(10-12-4-2-3-6-15-12)9-11-5-7-16-13(14)8-11/h5,7-8,12,15H,2-4,6,9-10H2,1H3. The lowest BCUT2D eigenvalue weighted by Crippen LogP contribution is -2.42. The third-order valence-corrected chi connectivity index (χ3v) is 3.62. The van der Waals surface area contributed by atoms with Crippen molar-refractivity contribution in [2.75, 3.05) is 20.1 Å². The van der Waals surface area contributed by atoms with Crippen molar-refractivity contribution in [1.82, 2.24) is 15.2 Å². The Hall–Kier alpha value is -0.450. The highest BCUT2D eigenvalue weighted by atomic mass is 79.9. The molecular formula is C13H20BrN3. The molecule has 1 aromatic rings. The van der Waals surface area contributed by atoms with E-state index in [2.05, 4.69) is 50.3 Å². The van der Waals surface area contributed by atoms with Crippen LogP contribution in [0.15, 0.2) is 22.9 Å². The summed E-state index contributed by atoms with van der Waals surface area (Å²) in [5.41, 5.74) is 1.31. The predicted octanol–water partition coefficient (Wildman–Crippen LogP) is 2.42. The number of hydrogen-bond donors (Lipinski definition) is 1. The van der Waals surface area contributed by atoms with Crippen molar-refractivity contribution in [3.8, 4) is 0 Å². The van der Waals surface area contributed by atoms with Crippen LogP contribution in [0, 0.1) is 0 Å². The number of nitrogens with zero attached hydrogens (tertiary/aromatic N) is 2. The van der Waals surface area contributed by atoms with E-state index >= 15 is 0 Å². The lowest BCUT2D eigenvalue weighted by molar-refractivity contribution is 0.256. The van der Waals surface area contributed by atoms with Gasteiger partial charge in [-0.05, 0) is 60.1 Å². The van der Waals surface area contributed by atoms with Crippen molar-refractivity contribution in [2.24, 2.45) is 0 Å². The summed E-state index contributed by atoms with van der Waals surface area (Å²) in [6, 6.07) is 4.83. The summed E-state index contributed by atoms with van der Waals surface area (Å²) >= 11 is 3.41. The maximum absolute atomic E-state index is 4.15. The molecule has 0 bridgehead atoms. The van der Waals surface area contributed by atoms with Crippen LogP contribution in [0.25, 0.3) is 0 Å². The summed E-state index contributed by atoms with van der Waals surface area (Å²) in [6.45, 7) is 3.29. The largest absolute Gasteiger partial charge is 0.313 e. The molecule has 1 atom stereocenters. The zero-order chi connectivity index (χ0) is 12.1. The van der Waals surface area contributed by atoms with Gasteiger partial charge in [-0.15, -0.1) is 0 Å². The van der Waals surface area contributed by atoms with Crippen LogP contribution in [0.3, 0.4) is 0 Å². The number of pyridine rings is 1. The zero-order valence-corrected chi connectivity index (χ0v) is 11.9. The fourth-order valence-electron chi connectivity index (χ4n) is 2.37. The lowest BCUT2D eigenvalue weighted by atomic mass is 10.0. The van der Waals surface area contributed by atoms with Gasteiger partial charge in [0.25, 0.3) is 0 Å². The van der Waals surface area contributed by atoms with Crippen LogP contribution in [-0.4, -0.2) is 36.1 Å². The Balaban J connectivity index is 1.82. The molecule has 94 valence electrons. The molecule has 0 spiro atoms. The maximum Gasteiger partial charge on any atom is 0.106 e. The number of rotatable bonds is 4. The summed E-state index contributed by atoms with van der Waals surface area (Å²) in [6.07, 6.45) is 5.86. The molecule has 0 aliphatic carbocycles. The van der Waals surface area contributed by atoms with Gasteiger partial charge in [-0.25, -0.2) is 4.98 Å². The highest BCUT2D eigenvalue weighted by Gasteiger charge is 2.14. The van der Waals surface area contributed by atoms with Crippen LogP contribution in [0.2, 0.25) is 0 Å². The van der Waals surface area contributed by atoms with Gasteiger partial charge in [-0.1, -0.05) is 6.42 Å². The van der Waals surface area contributed by atoms with Crippen LogP contribution >= 0.6 is 15.9 Å². The monoisotopic (exact) mass is 297 g/mol. The first-order valence-corrected chi connectivity index (χ1v) is 7.06.